The molecule has 1 fully saturated rings. The Bertz CT molecular complexity index is 629. The van der Waals surface area contributed by atoms with Gasteiger partial charge < -0.3 is 9.57 Å². The summed E-state index contributed by atoms with van der Waals surface area (Å²) in [7, 11) is 0. The van der Waals surface area contributed by atoms with Gasteiger partial charge in [0.1, 0.15) is 18.2 Å². The molecule has 110 valence electrons. The first kappa shape index (κ1) is 14.3. The molecule has 1 aliphatic heterocycles. The van der Waals surface area contributed by atoms with Crippen LogP contribution in [0.15, 0.2) is 42.5 Å². The molecule has 3 rings (SSSR count). The van der Waals surface area contributed by atoms with Crippen molar-refractivity contribution in [3.63, 3.8) is 0 Å². The largest absolute Gasteiger partial charge is 0.487 e. The molecule has 2 aromatic carbocycles. The van der Waals surface area contributed by atoms with Gasteiger partial charge in [0.15, 0.2) is 0 Å². The maximum Gasteiger partial charge on any atom is 0.138 e. The monoisotopic (exact) mass is 307 g/mol. The van der Waals surface area contributed by atoms with Crippen molar-refractivity contribution in [3.05, 3.63) is 64.4 Å². The molecule has 0 bridgehead atoms. The van der Waals surface area contributed by atoms with Gasteiger partial charge >= 0.3 is 0 Å². The molecule has 2 aromatic rings. The fourth-order valence-electron chi connectivity index (χ4n) is 2.27. The van der Waals surface area contributed by atoms with Crippen LogP contribution in [-0.4, -0.2) is 6.61 Å². The van der Waals surface area contributed by atoms with Crippen LogP contribution in [0.5, 0.6) is 5.75 Å². The summed E-state index contributed by atoms with van der Waals surface area (Å²) in [5, 5.41) is 0.536. The van der Waals surface area contributed by atoms with E-state index in [1.165, 1.54) is 12.1 Å². The van der Waals surface area contributed by atoms with Crippen molar-refractivity contribution in [2.75, 3.05) is 6.61 Å². The Morgan fingerprint density at radius 3 is 2.95 bits per heavy atom. The number of rotatable bonds is 4. The second-order valence-electron chi connectivity index (χ2n) is 4.92. The highest BCUT2D eigenvalue weighted by Crippen LogP contribution is 2.31. The van der Waals surface area contributed by atoms with Gasteiger partial charge in [-0.1, -0.05) is 29.8 Å². The quantitative estimate of drug-likeness (QED) is 0.925. The van der Waals surface area contributed by atoms with Crippen molar-refractivity contribution in [1.82, 2.24) is 5.48 Å². The minimum absolute atomic E-state index is 0.152. The molecule has 1 atom stereocenters. The number of hydrogen-bond donors (Lipinski definition) is 1. The summed E-state index contributed by atoms with van der Waals surface area (Å²) in [6.07, 6.45) is 0.908. The lowest BCUT2D eigenvalue weighted by atomic mass is 10.1. The van der Waals surface area contributed by atoms with Crippen molar-refractivity contribution in [2.24, 2.45) is 0 Å². The van der Waals surface area contributed by atoms with E-state index in [4.69, 9.17) is 21.2 Å². The molecule has 0 aromatic heterocycles. The SMILES string of the molecule is Fc1cccc(COc2cc([C@H]3CCON3)ccc2Cl)c1. The van der Waals surface area contributed by atoms with Gasteiger partial charge in [0.05, 0.1) is 17.7 Å². The number of ether oxygens (including phenoxy) is 1. The highest BCUT2D eigenvalue weighted by Gasteiger charge is 2.18. The molecule has 21 heavy (non-hydrogen) atoms. The van der Waals surface area contributed by atoms with E-state index < -0.39 is 0 Å². The Morgan fingerprint density at radius 2 is 2.19 bits per heavy atom. The standard InChI is InChI=1S/C16H15ClFNO2/c17-14-5-4-12(15-6-7-21-19-15)9-16(14)20-10-11-2-1-3-13(18)8-11/h1-5,8-9,15,19H,6-7,10H2/t15-/m1/s1. The topological polar surface area (TPSA) is 30.5 Å². The summed E-state index contributed by atoms with van der Waals surface area (Å²) < 4.78 is 18.8. The number of benzene rings is 2. The molecule has 0 aliphatic carbocycles. The highest BCUT2D eigenvalue weighted by atomic mass is 35.5. The van der Waals surface area contributed by atoms with Crippen LogP contribution in [0.4, 0.5) is 4.39 Å². The van der Waals surface area contributed by atoms with E-state index in [2.05, 4.69) is 5.48 Å². The van der Waals surface area contributed by atoms with Crippen LogP contribution >= 0.6 is 11.6 Å². The smallest absolute Gasteiger partial charge is 0.138 e. The predicted octanol–water partition coefficient (Wildman–Crippen LogP) is 4.02. The molecular formula is C16H15ClFNO2. The fourth-order valence-corrected chi connectivity index (χ4v) is 2.44. The molecule has 0 radical (unpaired) electrons. The minimum atomic E-state index is -0.275. The Balaban J connectivity index is 1.73. The normalized spacial score (nSPS) is 17.9. The number of hydroxylamine groups is 1. The summed E-state index contributed by atoms with van der Waals surface area (Å²) in [5.41, 5.74) is 4.78. The second-order valence-corrected chi connectivity index (χ2v) is 5.32. The third-order valence-electron chi connectivity index (χ3n) is 3.38. The maximum absolute atomic E-state index is 13.1. The first-order valence-electron chi connectivity index (χ1n) is 6.76. The van der Waals surface area contributed by atoms with Gasteiger partial charge in [0.2, 0.25) is 0 Å². The van der Waals surface area contributed by atoms with Crippen molar-refractivity contribution >= 4 is 11.6 Å². The van der Waals surface area contributed by atoms with E-state index in [1.54, 1.807) is 12.1 Å². The summed E-state index contributed by atoms with van der Waals surface area (Å²) >= 11 is 6.15. The van der Waals surface area contributed by atoms with Crippen LogP contribution in [0, 0.1) is 5.82 Å². The molecule has 0 spiro atoms. The molecule has 1 saturated heterocycles. The summed E-state index contributed by atoms with van der Waals surface area (Å²) in [5.74, 6) is 0.315. The van der Waals surface area contributed by atoms with E-state index in [1.807, 2.05) is 18.2 Å². The van der Waals surface area contributed by atoms with E-state index in [9.17, 15) is 4.39 Å². The molecule has 1 aliphatic rings. The zero-order valence-electron chi connectivity index (χ0n) is 11.3. The third kappa shape index (κ3) is 3.53. The Hall–Kier alpha value is -1.62. The number of halogens is 2. The van der Waals surface area contributed by atoms with Crippen molar-refractivity contribution in [2.45, 2.75) is 19.1 Å². The fraction of sp³-hybridized carbons (Fsp3) is 0.250. The van der Waals surface area contributed by atoms with E-state index >= 15 is 0 Å². The summed E-state index contributed by atoms with van der Waals surface area (Å²) in [4.78, 5) is 5.16. The molecule has 0 saturated carbocycles. The minimum Gasteiger partial charge on any atom is -0.487 e. The zero-order valence-corrected chi connectivity index (χ0v) is 12.1. The highest BCUT2D eigenvalue weighted by molar-refractivity contribution is 6.32. The third-order valence-corrected chi connectivity index (χ3v) is 3.69. The van der Waals surface area contributed by atoms with Gasteiger partial charge in [-0.05, 0) is 41.8 Å². The first-order chi connectivity index (χ1) is 10.2. The number of hydrogen-bond acceptors (Lipinski definition) is 3. The van der Waals surface area contributed by atoms with E-state index in [0.29, 0.717) is 17.4 Å². The Labute approximate surface area is 127 Å². The van der Waals surface area contributed by atoms with Crippen LogP contribution < -0.4 is 10.2 Å². The van der Waals surface area contributed by atoms with Gasteiger partial charge in [0, 0.05) is 0 Å². The van der Waals surface area contributed by atoms with Gasteiger partial charge in [-0.25, -0.2) is 4.39 Å². The van der Waals surface area contributed by atoms with Crippen LogP contribution in [0.2, 0.25) is 5.02 Å². The van der Waals surface area contributed by atoms with Gasteiger partial charge in [-0.2, -0.15) is 5.48 Å². The lowest BCUT2D eigenvalue weighted by Gasteiger charge is -2.13. The van der Waals surface area contributed by atoms with E-state index in [0.717, 1.165) is 17.5 Å². The van der Waals surface area contributed by atoms with Crippen LogP contribution in [0.1, 0.15) is 23.6 Å². The van der Waals surface area contributed by atoms with Crippen molar-refractivity contribution in [3.8, 4) is 5.75 Å². The molecule has 3 nitrogen and oxygen atoms in total. The van der Waals surface area contributed by atoms with Crippen LogP contribution in [0.25, 0.3) is 0 Å². The summed E-state index contributed by atoms with van der Waals surface area (Å²) in [6.45, 7) is 0.961. The average Bonchev–Trinajstić information content (AvgIpc) is 3.01. The molecule has 0 unspecified atom stereocenters. The van der Waals surface area contributed by atoms with Gasteiger partial charge in [0.25, 0.3) is 0 Å². The second kappa shape index (κ2) is 6.43. The molecule has 0 amide bonds. The Morgan fingerprint density at radius 1 is 1.29 bits per heavy atom. The molecular weight excluding hydrogens is 293 g/mol. The van der Waals surface area contributed by atoms with Crippen LogP contribution in [-0.2, 0) is 11.4 Å². The zero-order chi connectivity index (χ0) is 14.7. The molecule has 5 heteroatoms. The lowest BCUT2D eigenvalue weighted by molar-refractivity contribution is 0.0882. The van der Waals surface area contributed by atoms with Gasteiger partial charge in [-0.15, -0.1) is 0 Å². The molecule has 1 heterocycles. The lowest BCUT2D eigenvalue weighted by Crippen LogP contribution is -2.11. The average molecular weight is 308 g/mol. The predicted molar refractivity (Wildman–Crippen MR) is 78.6 cm³/mol. The van der Waals surface area contributed by atoms with Crippen molar-refractivity contribution in [1.29, 1.82) is 0 Å². The number of nitrogens with one attached hydrogen (secondary N) is 1. The van der Waals surface area contributed by atoms with Crippen molar-refractivity contribution < 1.29 is 14.0 Å². The first-order valence-corrected chi connectivity index (χ1v) is 7.14. The molecule has 1 N–H and O–H groups in total. The van der Waals surface area contributed by atoms with Crippen LogP contribution in [0.3, 0.4) is 0 Å². The Kier molecular flexibility index (Phi) is 4.39. The summed E-state index contributed by atoms with van der Waals surface area (Å²) in [6, 6.07) is 12.1. The van der Waals surface area contributed by atoms with Gasteiger partial charge in [-0.3, -0.25) is 0 Å². The maximum atomic E-state index is 13.1. The van der Waals surface area contributed by atoms with E-state index in [-0.39, 0.29) is 18.5 Å².